The van der Waals surface area contributed by atoms with Gasteiger partial charge in [0.25, 0.3) is 11.6 Å². The van der Waals surface area contributed by atoms with Crippen LogP contribution in [0.5, 0.6) is 0 Å². The molecule has 0 unspecified atom stereocenters. The number of amides is 1. The highest BCUT2D eigenvalue weighted by Gasteiger charge is 2.16. The Hall–Kier alpha value is -3.62. The summed E-state index contributed by atoms with van der Waals surface area (Å²) in [6.45, 7) is 5.36. The summed E-state index contributed by atoms with van der Waals surface area (Å²) in [7, 11) is 0. The second kappa shape index (κ2) is 10.1. The molecule has 2 rings (SSSR count). The lowest BCUT2D eigenvalue weighted by molar-refractivity contribution is -0.384. The van der Waals surface area contributed by atoms with E-state index < -0.39 is 23.4 Å². The number of nitrogen functional groups attached to an aromatic ring is 1. The van der Waals surface area contributed by atoms with Crippen molar-refractivity contribution in [2.75, 3.05) is 36.9 Å². The number of aryl methyl sites for hydroxylation is 1. The van der Waals surface area contributed by atoms with E-state index in [4.69, 9.17) is 10.5 Å². The topological polar surface area (TPSA) is 128 Å². The van der Waals surface area contributed by atoms with Gasteiger partial charge < -0.3 is 20.7 Å². The Morgan fingerprint density at radius 2 is 2.00 bits per heavy atom. The van der Waals surface area contributed by atoms with Crippen molar-refractivity contribution in [1.82, 2.24) is 5.32 Å². The highest BCUT2D eigenvalue weighted by molar-refractivity contribution is 5.96. The maximum atomic E-state index is 12.0. The van der Waals surface area contributed by atoms with Crippen LogP contribution in [0.15, 0.2) is 42.5 Å². The van der Waals surface area contributed by atoms with Crippen molar-refractivity contribution in [3.8, 4) is 0 Å². The lowest BCUT2D eigenvalue weighted by Crippen LogP contribution is -2.37. The number of nitrogens with two attached hydrogens (primary N) is 1. The predicted molar refractivity (Wildman–Crippen MR) is 110 cm³/mol. The fourth-order valence-corrected chi connectivity index (χ4v) is 2.73. The van der Waals surface area contributed by atoms with E-state index in [9.17, 15) is 19.7 Å². The fraction of sp³-hybridized carbons (Fsp3) is 0.300. The van der Waals surface area contributed by atoms with Gasteiger partial charge in [0.2, 0.25) is 0 Å². The first kappa shape index (κ1) is 21.7. The van der Waals surface area contributed by atoms with Gasteiger partial charge in [-0.2, -0.15) is 0 Å². The number of rotatable bonds is 9. The van der Waals surface area contributed by atoms with Crippen LogP contribution in [0.4, 0.5) is 17.1 Å². The van der Waals surface area contributed by atoms with Crippen molar-refractivity contribution in [1.29, 1.82) is 0 Å². The zero-order valence-electron chi connectivity index (χ0n) is 16.4. The number of hydrogen-bond donors (Lipinski definition) is 2. The van der Waals surface area contributed by atoms with E-state index in [0.29, 0.717) is 13.1 Å². The van der Waals surface area contributed by atoms with Crippen LogP contribution < -0.4 is 16.0 Å². The number of non-ortho nitro benzene ring substituents is 1. The molecule has 9 nitrogen and oxygen atoms in total. The van der Waals surface area contributed by atoms with Gasteiger partial charge in [0.05, 0.1) is 16.2 Å². The Bertz CT molecular complexity index is 900. The number of benzene rings is 2. The smallest absolute Gasteiger partial charge is 0.340 e. The fourth-order valence-electron chi connectivity index (χ4n) is 2.73. The zero-order valence-corrected chi connectivity index (χ0v) is 16.4. The predicted octanol–water partition coefficient (Wildman–Crippen LogP) is 2.28. The maximum Gasteiger partial charge on any atom is 0.340 e. The third kappa shape index (κ3) is 6.20. The molecule has 0 bridgehead atoms. The molecule has 0 aliphatic heterocycles. The lowest BCUT2D eigenvalue weighted by atomic mass is 10.1. The first-order chi connectivity index (χ1) is 13.8. The summed E-state index contributed by atoms with van der Waals surface area (Å²) in [5.74, 6) is -1.26. The molecule has 0 spiro atoms. The number of anilines is 2. The quantitative estimate of drug-likeness (QED) is 0.286. The van der Waals surface area contributed by atoms with Crippen LogP contribution in [0.3, 0.4) is 0 Å². The van der Waals surface area contributed by atoms with Crippen LogP contribution in [0.25, 0.3) is 0 Å². The molecule has 0 aliphatic carbocycles. The highest BCUT2D eigenvalue weighted by atomic mass is 16.6. The lowest BCUT2D eigenvalue weighted by Gasteiger charge is -2.23. The summed E-state index contributed by atoms with van der Waals surface area (Å²) in [5, 5.41) is 13.4. The normalized spacial score (nSPS) is 10.3. The SMILES string of the molecule is CCN(CCNC(=O)COC(=O)c1ccc([N+](=O)[O-])cc1N)c1cccc(C)c1. The summed E-state index contributed by atoms with van der Waals surface area (Å²) in [6, 6.07) is 11.5. The van der Waals surface area contributed by atoms with E-state index in [1.807, 2.05) is 32.0 Å². The third-order valence-corrected chi connectivity index (χ3v) is 4.25. The number of carbonyl (C=O) groups is 2. The Labute approximate surface area is 168 Å². The molecule has 2 aromatic rings. The van der Waals surface area contributed by atoms with Gasteiger partial charge in [-0.25, -0.2) is 4.79 Å². The minimum absolute atomic E-state index is 0.0278. The van der Waals surface area contributed by atoms with Gasteiger partial charge in [-0.05, 0) is 37.6 Å². The van der Waals surface area contributed by atoms with Crippen molar-refractivity contribution in [2.45, 2.75) is 13.8 Å². The first-order valence-electron chi connectivity index (χ1n) is 9.11. The van der Waals surface area contributed by atoms with E-state index in [0.717, 1.165) is 29.9 Å². The number of nitrogens with zero attached hydrogens (tertiary/aromatic N) is 2. The molecule has 0 saturated heterocycles. The van der Waals surface area contributed by atoms with E-state index >= 15 is 0 Å². The molecule has 3 N–H and O–H groups in total. The van der Waals surface area contributed by atoms with Crippen LogP contribution in [-0.4, -0.2) is 43.0 Å². The van der Waals surface area contributed by atoms with Crippen LogP contribution in [0, 0.1) is 17.0 Å². The van der Waals surface area contributed by atoms with Crippen LogP contribution in [0.1, 0.15) is 22.8 Å². The second-order valence-corrected chi connectivity index (χ2v) is 6.37. The van der Waals surface area contributed by atoms with Gasteiger partial charge in [0.15, 0.2) is 6.61 Å². The minimum atomic E-state index is -0.817. The number of esters is 1. The molecule has 1 amide bonds. The van der Waals surface area contributed by atoms with Crippen LogP contribution in [-0.2, 0) is 9.53 Å². The Morgan fingerprint density at radius 3 is 2.62 bits per heavy atom. The third-order valence-electron chi connectivity index (χ3n) is 4.25. The van der Waals surface area contributed by atoms with Crippen molar-refractivity contribution < 1.29 is 19.2 Å². The molecule has 2 aromatic carbocycles. The first-order valence-corrected chi connectivity index (χ1v) is 9.11. The number of nitro groups is 1. The van der Waals surface area contributed by atoms with Crippen molar-refractivity contribution >= 4 is 28.9 Å². The second-order valence-electron chi connectivity index (χ2n) is 6.37. The summed E-state index contributed by atoms with van der Waals surface area (Å²) in [5.41, 5.74) is 7.54. The molecular formula is C20H24N4O5. The molecule has 0 aromatic heterocycles. The average Bonchev–Trinajstić information content (AvgIpc) is 2.69. The molecule has 0 saturated carbocycles. The minimum Gasteiger partial charge on any atom is -0.452 e. The Balaban J connectivity index is 1.80. The van der Waals surface area contributed by atoms with Gasteiger partial charge >= 0.3 is 5.97 Å². The highest BCUT2D eigenvalue weighted by Crippen LogP contribution is 2.20. The molecule has 9 heteroatoms. The molecular weight excluding hydrogens is 376 g/mol. The number of ether oxygens (including phenoxy) is 1. The van der Waals surface area contributed by atoms with Gasteiger partial charge in [0.1, 0.15) is 0 Å². The van der Waals surface area contributed by atoms with Crippen LogP contribution in [0.2, 0.25) is 0 Å². The van der Waals surface area contributed by atoms with Crippen molar-refractivity contribution in [2.24, 2.45) is 0 Å². The molecule has 0 aliphatic rings. The molecule has 0 heterocycles. The molecule has 0 fully saturated rings. The van der Waals surface area contributed by atoms with E-state index in [2.05, 4.69) is 16.3 Å². The molecule has 29 heavy (non-hydrogen) atoms. The summed E-state index contributed by atoms with van der Waals surface area (Å²) in [6.07, 6.45) is 0. The van der Waals surface area contributed by atoms with E-state index in [-0.39, 0.29) is 16.9 Å². The largest absolute Gasteiger partial charge is 0.452 e. The number of carbonyl (C=O) groups excluding carboxylic acids is 2. The van der Waals surface area contributed by atoms with Gasteiger partial charge in [-0.15, -0.1) is 0 Å². The van der Waals surface area contributed by atoms with Crippen LogP contribution >= 0.6 is 0 Å². The number of nitrogens with one attached hydrogen (secondary N) is 1. The zero-order chi connectivity index (χ0) is 21.4. The summed E-state index contributed by atoms with van der Waals surface area (Å²) < 4.78 is 4.94. The molecule has 154 valence electrons. The van der Waals surface area contributed by atoms with Gasteiger partial charge in [-0.1, -0.05) is 12.1 Å². The number of likely N-dealkylation sites (N-methyl/N-ethyl adjacent to an activating group) is 1. The number of nitro benzene ring substituents is 1. The Morgan fingerprint density at radius 1 is 1.24 bits per heavy atom. The Kier molecular flexibility index (Phi) is 7.53. The number of hydrogen-bond acceptors (Lipinski definition) is 7. The molecule has 0 atom stereocenters. The summed E-state index contributed by atoms with van der Waals surface area (Å²) >= 11 is 0. The summed E-state index contributed by atoms with van der Waals surface area (Å²) in [4.78, 5) is 36.2. The monoisotopic (exact) mass is 400 g/mol. The maximum absolute atomic E-state index is 12.0. The van der Waals surface area contributed by atoms with E-state index in [1.54, 1.807) is 0 Å². The van der Waals surface area contributed by atoms with E-state index in [1.165, 1.54) is 6.07 Å². The van der Waals surface area contributed by atoms with Crippen molar-refractivity contribution in [3.05, 3.63) is 63.7 Å². The molecule has 0 radical (unpaired) electrons. The van der Waals surface area contributed by atoms with Gasteiger partial charge in [-0.3, -0.25) is 14.9 Å². The van der Waals surface area contributed by atoms with Gasteiger partial charge in [0, 0.05) is 37.5 Å². The standard InChI is InChI=1S/C20H24N4O5/c1-3-23(15-6-4-5-14(2)11-15)10-9-22-19(25)13-29-20(26)17-8-7-16(24(27)28)12-18(17)21/h4-8,11-12H,3,9-10,13,21H2,1-2H3,(H,22,25). The average molecular weight is 400 g/mol. The van der Waals surface area contributed by atoms with Crippen molar-refractivity contribution in [3.63, 3.8) is 0 Å².